The summed E-state index contributed by atoms with van der Waals surface area (Å²) in [5, 5.41) is 8.67. The summed E-state index contributed by atoms with van der Waals surface area (Å²) < 4.78 is 19.3. The fourth-order valence-electron chi connectivity index (χ4n) is 2.42. The quantitative estimate of drug-likeness (QED) is 0.720. The summed E-state index contributed by atoms with van der Waals surface area (Å²) in [5.41, 5.74) is 4.28. The van der Waals surface area contributed by atoms with Crippen LogP contribution >= 0.6 is 0 Å². The molecule has 23 heavy (non-hydrogen) atoms. The highest BCUT2D eigenvalue weighted by Crippen LogP contribution is 2.30. The number of aliphatic carboxylic acids is 1. The number of aryl methyl sites for hydroxylation is 2. The van der Waals surface area contributed by atoms with Gasteiger partial charge in [-0.05, 0) is 61.2 Å². The summed E-state index contributed by atoms with van der Waals surface area (Å²) in [5.74, 6) is -0.737. The third-order valence-electron chi connectivity index (χ3n) is 3.32. The van der Waals surface area contributed by atoms with E-state index in [1.807, 2.05) is 32.9 Å². The van der Waals surface area contributed by atoms with E-state index in [1.165, 1.54) is 6.08 Å². The molecule has 1 N–H and O–H groups in total. The highest BCUT2D eigenvalue weighted by Gasteiger charge is 2.11. The van der Waals surface area contributed by atoms with Gasteiger partial charge in [-0.25, -0.2) is 4.39 Å². The largest absolute Gasteiger partial charge is 0.497 e. The van der Waals surface area contributed by atoms with Crippen LogP contribution in [0.2, 0.25) is 0 Å². The number of carbonyl (C=O) groups is 1. The molecule has 0 unspecified atom stereocenters. The maximum Gasteiger partial charge on any atom is 0.303 e. The van der Waals surface area contributed by atoms with Crippen molar-refractivity contribution in [2.75, 3.05) is 7.11 Å². The molecule has 0 aliphatic heterocycles. The summed E-state index contributed by atoms with van der Waals surface area (Å²) in [6.07, 6.45) is 2.82. The lowest BCUT2D eigenvalue weighted by Crippen LogP contribution is -1.97. The Morgan fingerprint density at radius 3 is 2.26 bits per heavy atom. The van der Waals surface area contributed by atoms with Gasteiger partial charge in [-0.15, -0.1) is 0 Å². The third kappa shape index (κ3) is 5.74. The van der Waals surface area contributed by atoms with E-state index in [1.54, 1.807) is 13.2 Å². The highest BCUT2D eigenvalue weighted by molar-refractivity contribution is 5.80. The van der Waals surface area contributed by atoms with E-state index >= 15 is 0 Å². The van der Waals surface area contributed by atoms with Gasteiger partial charge in [-0.1, -0.05) is 18.2 Å². The van der Waals surface area contributed by atoms with Gasteiger partial charge in [-0.2, -0.15) is 0 Å². The number of halogens is 1. The van der Waals surface area contributed by atoms with Gasteiger partial charge in [0, 0.05) is 6.42 Å². The van der Waals surface area contributed by atoms with Crippen LogP contribution in [-0.2, 0) is 4.79 Å². The number of methoxy groups -OCH3 is 1. The summed E-state index contributed by atoms with van der Waals surface area (Å²) in [4.78, 5) is 10.6. The van der Waals surface area contributed by atoms with Crippen molar-refractivity contribution in [2.45, 2.75) is 33.6 Å². The maximum absolute atomic E-state index is 14.1. The average molecular weight is 318 g/mol. The second-order valence-corrected chi connectivity index (χ2v) is 5.57. The molecule has 0 spiro atoms. The topological polar surface area (TPSA) is 46.5 Å². The van der Waals surface area contributed by atoms with Gasteiger partial charge in [-0.3, -0.25) is 4.79 Å². The predicted octanol–water partition coefficient (Wildman–Crippen LogP) is 4.99. The number of hydrogen-bond donors (Lipinski definition) is 1. The van der Waals surface area contributed by atoms with Gasteiger partial charge in [0.15, 0.2) is 0 Å². The Morgan fingerprint density at radius 1 is 1.26 bits per heavy atom. The molecule has 0 atom stereocenters. The Morgan fingerprint density at radius 2 is 1.83 bits per heavy atom. The van der Waals surface area contributed by atoms with Crippen molar-refractivity contribution in [2.24, 2.45) is 0 Å². The Labute approximate surface area is 136 Å². The van der Waals surface area contributed by atoms with Crippen molar-refractivity contribution in [3.8, 4) is 5.75 Å². The minimum atomic E-state index is -1.02. The lowest BCUT2D eigenvalue weighted by molar-refractivity contribution is -0.137. The Balaban J connectivity index is 3.31. The lowest BCUT2D eigenvalue weighted by atomic mass is 9.93. The van der Waals surface area contributed by atoms with E-state index in [2.05, 4.69) is 6.58 Å². The molecule has 0 fully saturated rings. The lowest BCUT2D eigenvalue weighted by Gasteiger charge is -2.14. The molecule has 124 valence electrons. The second-order valence-electron chi connectivity index (χ2n) is 5.57. The average Bonchev–Trinajstić information content (AvgIpc) is 2.43. The fraction of sp³-hybridized carbons (Fsp3) is 0.316. The van der Waals surface area contributed by atoms with Crippen molar-refractivity contribution in [1.29, 1.82) is 0 Å². The van der Waals surface area contributed by atoms with Gasteiger partial charge >= 0.3 is 5.97 Å². The highest BCUT2D eigenvalue weighted by atomic mass is 19.1. The normalized spacial score (nSPS) is 12.2. The van der Waals surface area contributed by atoms with Crippen LogP contribution in [0.15, 0.2) is 42.3 Å². The van der Waals surface area contributed by atoms with E-state index in [0.29, 0.717) is 5.57 Å². The first-order valence-corrected chi connectivity index (χ1v) is 7.35. The number of ether oxygens (including phenoxy) is 1. The zero-order valence-electron chi connectivity index (χ0n) is 14.1. The molecule has 0 saturated heterocycles. The molecule has 0 heterocycles. The number of rotatable bonds is 7. The number of hydrogen-bond acceptors (Lipinski definition) is 2. The van der Waals surface area contributed by atoms with E-state index < -0.39 is 11.8 Å². The van der Waals surface area contributed by atoms with Crippen molar-refractivity contribution in [3.63, 3.8) is 0 Å². The second kappa shape index (κ2) is 8.32. The van der Waals surface area contributed by atoms with Gasteiger partial charge in [0.2, 0.25) is 0 Å². The van der Waals surface area contributed by atoms with E-state index in [0.717, 1.165) is 28.0 Å². The molecule has 0 aliphatic rings. The molecule has 0 aliphatic carbocycles. The predicted molar refractivity (Wildman–Crippen MR) is 91.3 cm³/mol. The molecule has 1 aromatic rings. The van der Waals surface area contributed by atoms with Crippen LogP contribution in [0.1, 0.15) is 36.5 Å². The standard InChI is InChI=1S/C19H23FO3/c1-12(2)8-15(11-16(20)6-7-18(21)22)19-13(3)9-17(23-5)10-14(19)4/h8-11H,1,6-7H2,2-5H3,(H,21,22)/b15-8+,16-11-. The zero-order valence-corrected chi connectivity index (χ0v) is 14.1. The molecule has 0 radical (unpaired) electrons. The molecule has 0 bridgehead atoms. The van der Waals surface area contributed by atoms with Crippen LogP contribution in [0.4, 0.5) is 4.39 Å². The molecule has 1 rings (SSSR count). The maximum atomic E-state index is 14.1. The first kappa shape index (κ1) is 18.7. The van der Waals surface area contributed by atoms with Gasteiger partial charge in [0.1, 0.15) is 11.6 Å². The van der Waals surface area contributed by atoms with Crippen molar-refractivity contribution < 1.29 is 19.0 Å². The summed E-state index contributed by atoms with van der Waals surface area (Å²) in [7, 11) is 1.60. The smallest absolute Gasteiger partial charge is 0.303 e. The minimum Gasteiger partial charge on any atom is -0.497 e. The summed E-state index contributed by atoms with van der Waals surface area (Å²) in [6.45, 7) is 9.54. The van der Waals surface area contributed by atoms with Crippen LogP contribution in [-0.4, -0.2) is 18.2 Å². The van der Waals surface area contributed by atoms with Crippen LogP contribution in [0.25, 0.3) is 5.57 Å². The Kier molecular flexibility index (Phi) is 6.76. The van der Waals surface area contributed by atoms with Gasteiger partial charge < -0.3 is 9.84 Å². The molecule has 0 aromatic heterocycles. The fourth-order valence-corrected chi connectivity index (χ4v) is 2.42. The first-order valence-electron chi connectivity index (χ1n) is 7.35. The van der Waals surface area contributed by atoms with Gasteiger partial charge in [0.25, 0.3) is 0 Å². The molecule has 3 nitrogen and oxygen atoms in total. The SMILES string of the molecule is C=C(C)/C=C(\C=C(/F)CCC(=O)O)c1c(C)cc(OC)cc1C. The summed E-state index contributed by atoms with van der Waals surface area (Å²) >= 11 is 0. The molecule has 4 heteroatoms. The Bertz CT molecular complexity index is 646. The molecular weight excluding hydrogens is 295 g/mol. The van der Waals surface area contributed by atoms with Crippen LogP contribution in [0, 0.1) is 13.8 Å². The monoisotopic (exact) mass is 318 g/mol. The van der Waals surface area contributed by atoms with E-state index in [-0.39, 0.29) is 12.8 Å². The van der Waals surface area contributed by atoms with Crippen molar-refractivity contribution >= 4 is 11.5 Å². The van der Waals surface area contributed by atoms with Crippen LogP contribution < -0.4 is 4.74 Å². The molecular formula is C19H23FO3. The van der Waals surface area contributed by atoms with Gasteiger partial charge in [0.05, 0.1) is 13.5 Å². The molecule has 1 aromatic carbocycles. The Hall–Kier alpha value is -2.36. The number of carboxylic acids is 1. The van der Waals surface area contributed by atoms with E-state index in [4.69, 9.17) is 9.84 Å². The zero-order chi connectivity index (χ0) is 17.6. The number of carboxylic acid groups (broad SMARTS) is 1. The molecule has 0 saturated carbocycles. The van der Waals surface area contributed by atoms with Crippen molar-refractivity contribution in [3.05, 3.63) is 59.0 Å². The minimum absolute atomic E-state index is 0.128. The van der Waals surface area contributed by atoms with Crippen LogP contribution in [0.3, 0.4) is 0 Å². The van der Waals surface area contributed by atoms with Crippen LogP contribution in [0.5, 0.6) is 5.75 Å². The van der Waals surface area contributed by atoms with Crippen molar-refractivity contribution in [1.82, 2.24) is 0 Å². The number of allylic oxidation sites excluding steroid dienone is 5. The third-order valence-corrected chi connectivity index (χ3v) is 3.32. The number of benzene rings is 1. The molecule has 0 amide bonds. The van der Waals surface area contributed by atoms with E-state index in [9.17, 15) is 9.18 Å². The summed E-state index contributed by atoms with van der Waals surface area (Å²) in [6, 6.07) is 3.77. The first-order chi connectivity index (χ1) is 10.7.